The van der Waals surface area contributed by atoms with Crippen molar-refractivity contribution < 1.29 is 27.9 Å². The summed E-state index contributed by atoms with van der Waals surface area (Å²) in [5, 5.41) is 19.0. The number of amidine groups is 1. The number of hydrogen-bond acceptors (Lipinski definition) is 7. The van der Waals surface area contributed by atoms with E-state index in [1.807, 2.05) is 4.57 Å². The lowest BCUT2D eigenvalue weighted by molar-refractivity contribution is -0.136. The van der Waals surface area contributed by atoms with E-state index >= 15 is 0 Å². The Morgan fingerprint density at radius 2 is 1.68 bits per heavy atom. The van der Waals surface area contributed by atoms with E-state index in [9.17, 15) is 22.8 Å². The Kier molecular flexibility index (Phi) is 7.76. The highest BCUT2D eigenvalue weighted by Gasteiger charge is 2.25. The number of amides is 2. The van der Waals surface area contributed by atoms with Gasteiger partial charge in [0.2, 0.25) is 5.91 Å². The third-order valence-electron chi connectivity index (χ3n) is 6.34. The highest BCUT2D eigenvalue weighted by atomic mass is 32.2. The van der Waals surface area contributed by atoms with Crippen molar-refractivity contribution in [3.8, 4) is 11.4 Å². The van der Waals surface area contributed by atoms with Crippen molar-refractivity contribution in [1.82, 2.24) is 19.8 Å². The zero-order valence-corrected chi connectivity index (χ0v) is 21.3. The van der Waals surface area contributed by atoms with Crippen LogP contribution >= 0.6 is 0 Å². The minimum absolute atomic E-state index is 0.00565. The normalized spacial score (nSPS) is 14.8. The number of fused-ring (bicyclic) bond motifs is 1. The highest BCUT2D eigenvalue weighted by molar-refractivity contribution is 7.91. The Bertz CT molecular complexity index is 1500. The fourth-order valence-electron chi connectivity index (χ4n) is 4.23. The fourth-order valence-corrected chi connectivity index (χ4v) is 5.43. The lowest BCUT2D eigenvalue weighted by Gasteiger charge is -2.27. The molecule has 0 bridgehead atoms. The van der Waals surface area contributed by atoms with E-state index in [-0.39, 0.29) is 62.3 Å². The van der Waals surface area contributed by atoms with Crippen molar-refractivity contribution in [3.05, 3.63) is 53.6 Å². The molecule has 1 aliphatic rings. The Morgan fingerprint density at radius 1 is 1.03 bits per heavy atom. The van der Waals surface area contributed by atoms with Crippen LogP contribution in [-0.2, 0) is 26.0 Å². The maximum absolute atomic E-state index is 12.9. The molecule has 200 valence electrons. The van der Waals surface area contributed by atoms with Gasteiger partial charge in [0.15, 0.2) is 9.84 Å². The molecule has 0 unspecified atom stereocenters. The van der Waals surface area contributed by atoms with Gasteiger partial charge < -0.3 is 25.6 Å². The number of carbonyl (C=O) groups excluding carboxylic acids is 2. The molecule has 3 aromatic rings. The number of carbonyl (C=O) groups is 3. The predicted octanol–water partition coefficient (Wildman–Crippen LogP) is 0.839. The topological polar surface area (TPSA) is 189 Å². The summed E-state index contributed by atoms with van der Waals surface area (Å²) in [4.78, 5) is 42.4. The molecule has 2 heterocycles. The van der Waals surface area contributed by atoms with Crippen LogP contribution in [-0.4, -0.2) is 82.7 Å². The molecule has 2 aromatic carbocycles. The fraction of sp³-hybridized carbons (Fsp3) is 0.320. The number of rotatable bonds is 9. The summed E-state index contributed by atoms with van der Waals surface area (Å²) in [5.74, 6) is -1.21. The first-order chi connectivity index (χ1) is 18.0. The Labute approximate surface area is 218 Å². The highest BCUT2D eigenvalue weighted by Crippen LogP contribution is 2.27. The number of benzene rings is 2. The van der Waals surface area contributed by atoms with Gasteiger partial charge in [-0.2, -0.15) is 0 Å². The number of sulfone groups is 1. The SMILES string of the molecule is N=C(N)c1ccc(-c2nc3cc(C(=O)NCCC(=O)O)ccc3n2CCC(=O)N2CCS(=O)(=O)CC2)cc1. The van der Waals surface area contributed by atoms with Crippen molar-refractivity contribution in [2.24, 2.45) is 5.73 Å². The lowest BCUT2D eigenvalue weighted by atomic mass is 10.1. The van der Waals surface area contributed by atoms with E-state index in [0.717, 1.165) is 5.56 Å². The molecule has 0 radical (unpaired) electrons. The smallest absolute Gasteiger partial charge is 0.305 e. The average Bonchev–Trinajstić information content (AvgIpc) is 3.24. The van der Waals surface area contributed by atoms with Gasteiger partial charge >= 0.3 is 5.97 Å². The second-order valence-electron chi connectivity index (χ2n) is 8.96. The number of nitrogens with one attached hydrogen (secondary N) is 2. The van der Waals surface area contributed by atoms with Crippen LogP contribution in [0, 0.1) is 5.41 Å². The molecular weight excluding hydrogens is 512 g/mol. The van der Waals surface area contributed by atoms with E-state index in [1.54, 1.807) is 47.4 Å². The second kappa shape index (κ2) is 11.0. The van der Waals surface area contributed by atoms with Gasteiger partial charge in [0.05, 0.1) is 29.0 Å². The number of carboxylic acid groups (broad SMARTS) is 1. The van der Waals surface area contributed by atoms with Crippen LogP contribution in [0.15, 0.2) is 42.5 Å². The zero-order chi connectivity index (χ0) is 27.4. The third-order valence-corrected chi connectivity index (χ3v) is 7.94. The summed E-state index contributed by atoms with van der Waals surface area (Å²) >= 11 is 0. The molecule has 38 heavy (non-hydrogen) atoms. The molecule has 1 fully saturated rings. The maximum atomic E-state index is 12.9. The number of aromatic nitrogens is 2. The van der Waals surface area contributed by atoms with E-state index in [4.69, 9.17) is 21.2 Å². The molecule has 13 heteroatoms. The maximum Gasteiger partial charge on any atom is 0.305 e. The molecule has 4 rings (SSSR count). The summed E-state index contributed by atoms with van der Waals surface area (Å²) in [6.07, 6.45) is -0.0680. The van der Waals surface area contributed by atoms with Gasteiger partial charge in [-0.15, -0.1) is 0 Å². The van der Waals surface area contributed by atoms with Gasteiger partial charge in [-0.3, -0.25) is 19.8 Å². The minimum atomic E-state index is -3.10. The summed E-state index contributed by atoms with van der Waals surface area (Å²) in [6, 6.07) is 11.9. The monoisotopic (exact) mass is 540 g/mol. The number of hydrogen-bond donors (Lipinski definition) is 4. The lowest BCUT2D eigenvalue weighted by Crippen LogP contribution is -2.43. The van der Waals surface area contributed by atoms with E-state index in [0.29, 0.717) is 28.0 Å². The summed E-state index contributed by atoms with van der Waals surface area (Å²) in [7, 11) is -3.10. The van der Waals surface area contributed by atoms with E-state index in [2.05, 4.69) is 5.32 Å². The van der Waals surface area contributed by atoms with Crippen LogP contribution in [0.4, 0.5) is 0 Å². The quantitative estimate of drug-likeness (QED) is 0.227. The van der Waals surface area contributed by atoms with Crippen LogP contribution in [0.3, 0.4) is 0 Å². The van der Waals surface area contributed by atoms with Gasteiger partial charge in [0, 0.05) is 49.3 Å². The first kappa shape index (κ1) is 26.8. The Hall–Kier alpha value is -4.26. The van der Waals surface area contributed by atoms with Crippen molar-refractivity contribution in [1.29, 1.82) is 5.41 Å². The van der Waals surface area contributed by atoms with Gasteiger partial charge in [-0.25, -0.2) is 13.4 Å². The molecule has 0 spiro atoms. The average molecular weight is 541 g/mol. The van der Waals surface area contributed by atoms with Crippen LogP contribution in [0.25, 0.3) is 22.4 Å². The minimum Gasteiger partial charge on any atom is -0.481 e. The van der Waals surface area contributed by atoms with Gasteiger partial charge in [0.1, 0.15) is 11.7 Å². The van der Waals surface area contributed by atoms with Gasteiger partial charge in [-0.05, 0) is 18.2 Å². The zero-order valence-electron chi connectivity index (χ0n) is 20.5. The van der Waals surface area contributed by atoms with E-state index in [1.165, 1.54) is 0 Å². The summed E-state index contributed by atoms with van der Waals surface area (Å²) in [5.41, 5.74) is 8.35. The van der Waals surface area contributed by atoms with Crippen LogP contribution in [0.5, 0.6) is 0 Å². The molecule has 1 aliphatic heterocycles. The van der Waals surface area contributed by atoms with Crippen molar-refractivity contribution in [2.45, 2.75) is 19.4 Å². The third kappa shape index (κ3) is 6.17. The van der Waals surface area contributed by atoms with Crippen LogP contribution in [0.2, 0.25) is 0 Å². The standard InChI is InChI=1S/C25H28N6O6S/c26-23(27)16-1-3-17(4-2-16)24-29-19-15-18(25(35)28-9-7-22(33)34)5-6-20(19)31(24)10-8-21(32)30-11-13-38(36,37)14-12-30/h1-6,15H,7-14H2,(H3,26,27)(H,28,35)(H,33,34). The summed E-state index contributed by atoms with van der Waals surface area (Å²) < 4.78 is 25.3. The van der Waals surface area contributed by atoms with E-state index < -0.39 is 21.7 Å². The first-order valence-electron chi connectivity index (χ1n) is 12.0. The number of nitrogens with zero attached hydrogens (tertiary/aromatic N) is 3. The molecule has 0 saturated carbocycles. The molecule has 1 saturated heterocycles. The number of imidazole rings is 1. The molecule has 5 N–H and O–H groups in total. The molecule has 12 nitrogen and oxygen atoms in total. The largest absolute Gasteiger partial charge is 0.481 e. The predicted molar refractivity (Wildman–Crippen MR) is 141 cm³/mol. The van der Waals surface area contributed by atoms with Crippen LogP contribution in [0.1, 0.15) is 28.8 Å². The molecule has 0 atom stereocenters. The first-order valence-corrected chi connectivity index (χ1v) is 13.8. The number of carboxylic acids is 1. The van der Waals surface area contributed by atoms with Crippen molar-refractivity contribution in [3.63, 3.8) is 0 Å². The number of nitrogen functional groups attached to an aromatic ring is 1. The number of aryl methyl sites for hydroxylation is 1. The Morgan fingerprint density at radius 3 is 2.32 bits per heavy atom. The van der Waals surface area contributed by atoms with Gasteiger partial charge in [0.25, 0.3) is 5.91 Å². The molecular formula is C25H28N6O6S. The van der Waals surface area contributed by atoms with Gasteiger partial charge in [-0.1, -0.05) is 24.3 Å². The number of nitrogens with two attached hydrogens (primary N) is 1. The molecule has 1 aromatic heterocycles. The second-order valence-corrected chi connectivity index (χ2v) is 11.3. The van der Waals surface area contributed by atoms with Crippen molar-refractivity contribution in [2.75, 3.05) is 31.1 Å². The van der Waals surface area contributed by atoms with Crippen molar-refractivity contribution >= 4 is 44.5 Å². The Balaban J connectivity index is 1.62. The molecule has 2 amide bonds. The number of aliphatic carboxylic acids is 1. The summed E-state index contributed by atoms with van der Waals surface area (Å²) in [6.45, 7) is 0.609. The molecule has 0 aliphatic carbocycles. The van der Waals surface area contributed by atoms with Crippen LogP contribution < -0.4 is 11.1 Å².